The summed E-state index contributed by atoms with van der Waals surface area (Å²) in [5.41, 5.74) is 0. The van der Waals surface area contributed by atoms with Gasteiger partial charge < -0.3 is 5.11 Å². The smallest absolute Gasteiger partial charge is 0.0791 e. The van der Waals surface area contributed by atoms with Crippen LogP contribution in [0, 0.1) is 0 Å². The lowest BCUT2D eigenvalue weighted by molar-refractivity contribution is 0.474. The van der Waals surface area contributed by atoms with Gasteiger partial charge in [-0.25, -0.2) is 0 Å². The van der Waals surface area contributed by atoms with Gasteiger partial charge in [-0.15, -0.1) is 0 Å². The Labute approximate surface area is 81.5 Å². The van der Waals surface area contributed by atoms with Gasteiger partial charge >= 0.3 is 0 Å². The van der Waals surface area contributed by atoms with Crippen LogP contribution in [0.4, 0.5) is 0 Å². The fourth-order valence-corrected chi connectivity index (χ4v) is 1.04. The van der Waals surface area contributed by atoms with E-state index in [1.807, 2.05) is 18.2 Å². The minimum absolute atomic E-state index is 1.03. The number of aliphatic hydroxyl groups excluding tert-OH is 1. The molecule has 0 aliphatic heterocycles. The third-order valence-electron chi connectivity index (χ3n) is 1.78. The second kappa shape index (κ2) is 11.0. The van der Waals surface area contributed by atoms with Crippen molar-refractivity contribution in [1.82, 2.24) is 0 Å². The summed E-state index contributed by atoms with van der Waals surface area (Å²) in [5.74, 6) is 0. The molecule has 0 unspecified atom stereocenters. The Kier molecular flexibility index (Phi) is 10.2. The van der Waals surface area contributed by atoms with Crippen molar-refractivity contribution >= 4 is 0 Å². The van der Waals surface area contributed by atoms with Crippen molar-refractivity contribution in [2.45, 2.75) is 39.0 Å². The van der Waals surface area contributed by atoms with Crippen molar-refractivity contribution in [2.24, 2.45) is 0 Å². The maximum Gasteiger partial charge on any atom is 0.0791 e. The van der Waals surface area contributed by atoms with E-state index in [0.717, 1.165) is 12.7 Å². The minimum Gasteiger partial charge on any atom is -0.516 e. The van der Waals surface area contributed by atoms with Gasteiger partial charge in [0.1, 0.15) is 0 Å². The summed E-state index contributed by atoms with van der Waals surface area (Å²) >= 11 is 0. The number of hydrogen-bond donors (Lipinski definition) is 1. The lowest BCUT2D eigenvalue weighted by Gasteiger charge is -1.92. The molecule has 0 spiro atoms. The van der Waals surface area contributed by atoms with E-state index >= 15 is 0 Å². The van der Waals surface area contributed by atoms with Crippen LogP contribution >= 0.6 is 0 Å². The molecule has 1 N–H and O–H groups in total. The molecule has 0 amide bonds. The van der Waals surface area contributed by atoms with E-state index in [0.29, 0.717) is 0 Å². The molecule has 0 aliphatic carbocycles. The molecule has 74 valence electrons. The molecule has 0 bridgehead atoms. The first-order valence-corrected chi connectivity index (χ1v) is 5.04. The van der Waals surface area contributed by atoms with Gasteiger partial charge in [0, 0.05) is 0 Å². The summed E-state index contributed by atoms with van der Waals surface area (Å²) in [7, 11) is 0. The maximum absolute atomic E-state index is 8.31. The van der Waals surface area contributed by atoms with Crippen LogP contribution in [0.3, 0.4) is 0 Å². The van der Waals surface area contributed by atoms with Crippen LogP contribution in [0.1, 0.15) is 39.0 Å². The van der Waals surface area contributed by atoms with E-state index in [9.17, 15) is 0 Å². The monoisotopic (exact) mass is 180 g/mol. The summed E-state index contributed by atoms with van der Waals surface area (Å²) in [6.07, 6.45) is 17.0. The average Bonchev–Trinajstić information content (AvgIpc) is 2.16. The molecular formula is C12H20O. The van der Waals surface area contributed by atoms with Gasteiger partial charge in [-0.3, -0.25) is 0 Å². The number of allylic oxidation sites excluding steroid dienone is 5. The van der Waals surface area contributed by atoms with Gasteiger partial charge in [0.25, 0.3) is 0 Å². The lowest BCUT2D eigenvalue weighted by atomic mass is 10.1. The molecule has 13 heavy (non-hydrogen) atoms. The summed E-state index contributed by atoms with van der Waals surface area (Å²) in [4.78, 5) is 0. The Balaban J connectivity index is 3.21. The number of hydrogen-bond acceptors (Lipinski definition) is 1. The fraction of sp³-hybridized carbons (Fsp3) is 0.500. The number of rotatable bonds is 7. The molecule has 0 fully saturated rings. The first kappa shape index (κ1) is 12.0. The zero-order valence-electron chi connectivity index (χ0n) is 8.45. The van der Waals surface area contributed by atoms with Gasteiger partial charge in [-0.05, 0) is 18.9 Å². The molecule has 0 saturated heterocycles. The molecule has 0 atom stereocenters. The SMILES string of the molecule is CCCCCCC=CC=CC=CO. The van der Waals surface area contributed by atoms with Crippen molar-refractivity contribution in [2.75, 3.05) is 0 Å². The van der Waals surface area contributed by atoms with Gasteiger partial charge in [0.2, 0.25) is 0 Å². The van der Waals surface area contributed by atoms with Crippen LogP contribution in [0.2, 0.25) is 0 Å². The van der Waals surface area contributed by atoms with E-state index in [1.54, 1.807) is 6.08 Å². The van der Waals surface area contributed by atoms with Crippen LogP contribution in [-0.2, 0) is 0 Å². The molecule has 1 heteroatoms. The Hall–Kier alpha value is -0.980. The Morgan fingerprint density at radius 1 is 0.923 bits per heavy atom. The quantitative estimate of drug-likeness (QED) is 0.354. The number of aliphatic hydroxyl groups is 1. The fourth-order valence-electron chi connectivity index (χ4n) is 1.04. The molecule has 0 aliphatic rings. The second-order valence-corrected chi connectivity index (χ2v) is 3.00. The highest BCUT2D eigenvalue weighted by Gasteiger charge is 1.82. The van der Waals surface area contributed by atoms with Gasteiger partial charge in [-0.2, -0.15) is 0 Å². The van der Waals surface area contributed by atoms with Crippen molar-refractivity contribution in [1.29, 1.82) is 0 Å². The summed E-state index contributed by atoms with van der Waals surface area (Å²) < 4.78 is 0. The van der Waals surface area contributed by atoms with Crippen LogP contribution in [0.5, 0.6) is 0 Å². The predicted octanol–water partition coefficient (Wildman–Crippen LogP) is 4.14. The highest BCUT2D eigenvalue weighted by Crippen LogP contribution is 2.02. The van der Waals surface area contributed by atoms with E-state index < -0.39 is 0 Å². The number of unbranched alkanes of at least 4 members (excludes halogenated alkanes) is 4. The van der Waals surface area contributed by atoms with Gasteiger partial charge in [-0.1, -0.05) is 50.5 Å². The topological polar surface area (TPSA) is 20.2 Å². The summed E-state index contributed by atoms with van der Waals surface area (Å²) in [6.45, 7) is 2.22. The third-order valence-corrected chi connectivity index (χ3v) is 1.78. The zero-order chi connectivity index (χ0) is 9.78. The van der Waals surface area contributed by atoms with Crippen molar-refractivity contribution in [3.8, 4) is 0 Å². The van der Waals surface area contributed by atoms with Crippen LogP contribution in [0.15, 0.2) is 36.6 Å². The van der Waals surface area contributed by atoms with Gasteiger partial charge in [0.05, 0.1) is 6.26 Å². The lowest BCUT2D eigenvalue weighted by Crippen LogP contribution is -1.72. The van der Waals surface area contributed by atoms with E-state index in [2.05, 4.69) is 13.0 Å². The molecule has 1 nitrogen and oxygen atoms in total. The van der Waals surface area contributed by atoms with Crippen molar-refractivity contribution < 1.29 is 5.11 Å². The maximum atomic E-state index is 8.31. The van der Waals surface area contributed by atoms with Crippen LogP contribution < -0.4 is 0 Å². The molecule has 0 radical (unpaired) electrons. The second-order valence-electron chi connectivity index (χ2n) is 3.00. The molecule has 0 aromatic rings. The highest BCUT2D eigenvalue weighted by atomic mass is 16.2. The van der Waals surface area contributed by atoms with Crippen molar-refractivity contribution in [3.05, 3.63) is 36.6 Å². The Morgan fingerprint density at radius 2 is 1.69 bits per heavy atom. The molecule has 0 rings (SSSR count). The molecule has 0 heterocycles. The Morgan fingerprint density at radius 3 is 2.38 bits per heavy atom. The van der Waals surface area contributed by atoms with Crippen LogP contribution in [0.25, 0.3) is 0 Å². The average molecular weight is 180 g/mol. The van der Waals surface area contributed by atoms with E-state index in [-0.39, 0.29) is 0 Å². The molecule has 0 aromatic heterocycles. The summed E-state index contributed by atoms with van der Waals surface area (Å²) in [6, 6.07) is 0. The van der Waals surface area contributed by atoms with E-state index in [4.69, 9.17) is 5.11 Å². The highest BCUT2D eigenvalue weighted by molar-refractivity contribution is 5.09. The summed E-state index contributed by atoms with van der Waals surface area (Å²) in [5, 5.41) is 8.31. The predicted molar refractivity (Wildman–Crippen MR) is 58.8 cm³/mol. The van der Waals surface area contributed by atoms with E-state index in [1.165, 1.54) is 25.7 Å². The minimum atomic E-state index is 1.03. The first-order valence-electron chi connectivity index (χ1n) is 5.04. The Bertz CT molecular complexity index is 166. The molecule has 0 saturated carbocycles. The first-order chi connectivity index (χ1) is 6.41. The normalized spacial score (nSPS) is 12.4. The molecule has 0 aromatic carbocycles. The third kappa shape index (κ3) is 11.0. The van der Waals surface area contributed by atoms with Crippen molar-refractivity contribution in [3.63, 3.8) is 0 Å². The van der Waals surface area contributed by atoms with Crippen LogP contribution in [-0.4, -0.2) is 5.11 Å². The standard InChI is InChI=1S/C12H20O/c1-2-3-4-5-6-7-8-9-10-11-12-13/h7-13H,2-6H2,1H3. The largest absolute Gasteiger partial charge is 0.516 e. The zero-order valence-corrected chi connectivity index (χ0v) is 8.45. The molecular weight excluding hydrogens is 160 g/mol. The van der Waals surface area contributed by atoms with Gasteiger partial charge in [0.15, 0.2) is 0 Å².